The summed E-state index contributed by atoms with van der Waals surface area (Å²) in [6.45, 7) is 0. The van der Waals surface area contributed by atoms with Gasteiger partial charge in [0.25, 0.3) is 5.69 Å². The molecular weight excluding hydrogens is 334 g/mol. The van der Waals surface area contributed by atoms with E-state index in [1.54, 1.807) is 6.07 Å². The molecule has 2 aromatic rings. The predicted octanol–water partition coefficient (Wildman–Crippen LogP) is 2.42. The number of nitrogens with zero attached hydrogens (tertiary/aromatic N) is 3. The average molecular weight is 342 g/mol. The molecule has 0 bridgehead atoms. The number of hydrogen-bond donors (Lipinski definition) is 1. The van der Waals surface area contributed by atoms with E-state index >= 15 is 0 Å². The smallest absolute Gasteiger partial charge is 0.303 e. The van der Waals surface area contributed by atoms with Crippen LogP contribution in [0.1, 0.15) is 12.3 Å². The monoisotopic (exact) mass is 341 g/mol. The highest BCUT2D eigenvalue weighted by atomic mass is 79.9. The van der Waals surface area contributed by atoms with Gasteiger partial charge in [-0.05, 0) is 6.07 Å². The number of aromatic nitrogens is 2. The van der Waals surface area contributed by atoms with Gasteiger partial charge in [0.2, 0.25) is 11.8 Å². The zero-order valence-corrected chi connectivity index (χ0v) is 11.5. The Kier molecular flexibility index (Phi) is 4.08. The Balaban J connectivity index is 2.27. The number of nitro groups is 1. The fourth-order valence-electron chi connectivity index (χ4n) is 1.49. The van der Waals surface area contributed by atoms with Crippen molar-refractivity contribution >= 4 is 27.6 Å². The minimum absolute atomic E-state index is 0.106. The van der Waals surface area contributed by atoms with Gasteiger partial charge in [0.15, 0.2) is 0 Å². The zero-order chi connectivity index (χ0) is 14.7. The molecular formula is C11H8BrN3O5. The summed E-state index contributed by atoms with van der Waals surface area (Å²) in [7, 11) is 0. The Labute approximate surface area is 120 Å². The van der Waals surface area contributed by atoms with Gasteiger partial charge in [-0.2, -0.15) is 0 Å². The highest BCUT2D eigenvalue weighted by molar-refractivity contribution is 9.10. The van der Waals surface area contributed by atoms with Gasteiger partial charge in [0.05, 0.1) is 11.3 Å². The third-order valence-corrected chi connectivity index (χ3v) is 2.82. The molecule has 2 rings (SSSR count). The maximum Gasteiger partial charge on any atom is 0.303 e. The van der Waals surface area contributed by atoms with E-state index in [2.05, 4.69) is 26.1 Å². The number of aliphatic carboxylic acids is 1. The normalized spacial score (nSPS) is 10.4. The van der Waals surface area contributed by atoms with Gasteiger partial charge in [0.1, 0.15) is 0 Å². The molecule has 0 radical (unpaired) electrons. The van der Waals surface area contributed by atoms with Gasteiger partial charge in [-0.15, -0.1) is 10.2 Å². The van der Waals surface area contributed by atoms with Gasteiger partial charge in [0, 0.05) is 28.6 Å². The highest BCUT2D eigenvalue weighted by Crippen LogP contribution is 2.27. The van der Waals surface area contributed by atoms with Crippen LogP contribution in [0.15, 0.2) is 27.1 Å². The van der Waals surface area contributed by atoms with Crippen LogP contribution in [-0.2, 0) is 11.2 Å². The van der Waals surface area contributed by atoms with Crippen LogP contribution in [0.5, 0.6) is 0 Å². The molecule has 0 aliphatic carbocycles. The summed E-state index contributed by atoms with van der Waals surface area (Å²) in [5.74, 6) is -0.692. The summed E-state index contributed by atoms with van der Waals surface area (Å²) >= 11 is 3.16. The molecule has 104 valence electrons. The molecule has 0 spiro atoms. The van der Waals surface area contributed by atoms with E-state index in [4.69, 9.17) is 9.52 Å². The van der Waals surface area contributed by atoms with Crippen LogP contribution < -0.4 is 0 Å². The number of carboxylic acid groups (broad SMARTS) is 1. The van der Waals surface area contributed by atoms with E-state index in [1.807, 2.05) is 0 Å². The Hall–Kier alpha value is -2.29. The number of nitro benzene ring substituents is 1. The van der Waals surface area contributed by atoms with Gasteiger partial charge in [-0.25, -0.2) is 0 Å². The number of carboxylic acids is 1. The third-order valence-electron chi connectivity index (χ3n) is 2.36. The molecule has 1 N–H and O–H groups in total. The van der Waals surface area contributed by atoms with Crippen LogP contribution in [-0.4, -0.2) is 26.2 Å². The molecule has 0 saturated carbocycles. The molecule has 9 heteroatoms. The number of halogens is 1. The van der Waals surface area contributed by atoms with E-state index in [9.17, 15) is 14.9 Å². The van der Waals surface area contributed by atoms with Crippen LogP contribution in [0.2, 0.25) is 0 Å². The lowest BCUT2D eigenvalue weighted by Crippen LogP contribution is -1.97. The summed E-state index contributed by atoms with van der Waals surface area (Å²) in [4.78, 5) is 20.7. The Morgan fingerprint density at radius 3 is 2.80 bits per heavy atom. The number of non-ortho nitro benzene ring substituents is 1. The summed E-state index contributed by atoms with van der Waals surface area (Å²) in [6.07, 6.45) is -0.0152. The topological polar surface area (TPSA) is 119 Å². The van der Waals surface area contributed by atoms with Crippen molar-refractivity contribution in [3.63, 3.8) is 0 Å². The van der Waals surface area contributed by atoms with Crippen molar-refractivity contribution in [3.8, 4) is 11.5 Å². The third kappa shape index (κ3) is 3.38. The molecule has 0 saturated heterocycles. The average Bonchev–Trinajstić information content (AvgIpc) is 2.84. The van der Waals surface area contributed by atoms with Crippen LogP contribution in [0.3, 0.4) is 0 Å². The lowest BCUT2D eigenvalue weighted by atomic mass is 10.2. The first-order valence-electron chi connectivity index (χ1n) is 5.45. The molecule has 0 atom stereocenters. The van der Waals surface area contributed by atoms with Crippen molar-refractivity contribution in [1.29, 1.82) is 0 Å². The summed E-state index contributed by atoms with van der Waals surface area (Å²) in [5.41, 5.74) is 0.278. The first-order chi connectivity index (χ1) is 9.45. The van der Waals surface area contributed by atoms with Crippen molar-refractivity contribution in [1.82, 2.24) is 10.2 Å². The van der Waals surface area contributed by atoms with Crippen molar-refractivity contribution in [3.05, 3.63) is 38.7 Å². The standard InChI is InChI=1S/C11H8BrN3O5/c12-7-3-6(4-8(5-7)15(18)19)11-14-13-9(20-11)1-2-10(16)17/h3-5H,1-2H2,(H,16,17). The van der Waals surface area contributed by atoms with Crippen molar-refractivity contribution in [2.75, 3.05) is 0 Å². The van der Waals surface area contributed by atoms with Gasteiger partial charge < -0.3 is 9.52 Å². The first-order valence-corrected chi connectivity index (χ1v) is 6.24. The molecule has 20 heavy (non-hydrogen) atoms. The maximum absolute atomic E-state index is 10.8. The van der Waals surface area contributed by atoms with E-state index in [0.29, 0.717) is 10.0 Å². The highest BCUT2D eigenvalue weighted by Gasteiger charge is 2.15. The Bertz CT molecular complexity index is 670. The van der Waals surface area contributed by atoms with E-state index in [-0.39, 0.29) is 30.3 Å². The molecule has 0 aliphatic rings. The summed E-state index contributed by atoms with van der Waals surface area (Å²) < 4.78 is 5.79. The number of benzene rings is 1. The zero-order valence-electron chi connectivity index (χ0n) is 9.95. The van der Waals surface area contributed by atoms with Crippen LogP contribution >= 0.6 is 15.9 Å². The molecule has 1 heterocycles. The van der Waals surface area contributed by atoms with Gasteiger partial charge in [-0.1, -0.05) is 15.9 Å². The van der Waals surface area contributed by atoms with Crippen molar-refractivity contribution < 1.29 is 19.2 Å². The van der Waals surface area contributed by atoms with E-state index in [1.165, 1.54) is 12.1 Å². The fourth-order valence-corrected chi connectivity index (χ4v) is 1.97. The number of rotatable bonds is 5. The Morgan fingerprint density at radius 1 is 1.40 bits per heavy atom. The number of aryl methyl sites for hydroxylation is 1. The minimum Gasteiger partial charge on any atom is -0.481 e. The Morgan fingerprint density at radius 2 is 2.15 bits per heavy atom. The first kappa shape index (κ1) is 14.1. The summed E-state index contributed by atoms with van der Waals surface area (Å²) in [5, 5.41) is 26.8. The quantitative estimate of drug-likeness (QED) is 0.654. The van der Waals surface area contributed by atoms with Crippen LogP contribution in [0.4, 0.5) is 5.69 Å². The predicted molar refractivity (Wildman–Crippen MR) is 70.0 cm³/mol. The van der Waals surface area contributed by atoms with Gasteiger partial charge in [-0.3, -0.25) is 14.9 Å². The van der Waals surface area contributed by atoms with Gasteiger partial charge >= 0.3 is 5.97 Å². The second-order valence-electron chi connectivity index (χ2n) is 3.85. The van der Waals surface area contributed by atoms with E-state index < -0.39 is 10.9 Å². The molecule has 0 amide bonds. The SMILES string of the molecule is O=C(O)CCc1nnc(-c2cc(Br)cc([N+](=O)[O-])c2)o1. The second kappa shape index (κ2) is 5.78. The summed E-state index contributed by atoms with van der Waals surface area (Å²) in [6, 6.07) is 4.26. The maximum atomic E-state index is 10.8. The molecule has 8 nitrogen and oxygen atoms in total. The lowest BCUT2D eigenvalue weighted by molar-refractivity contribution is -0.384. The molecule has 1 aromatic carbocycles. The molecule has 0 aliphatic heterocycles. The van der Waals surface area contributed by atoms with Crippen LogP contribution in [0, 0.1) is 10.1 Å². The minimum atomic E-state index is -0.970. The molecule has 1 aromatic heterocycles. The second-order valence-corrected chi connectivity index (χ2v) is 4.77. The number of hydrogen-bond acceptors (Lipinski definition) is 6. The number of carbonyl (C=O) groups is 1. The van der Waals surface area contributed by atoms with Crippen LogP contribution in [0.25, 0.3) is 11.5 Å². The van der Waals surface area contributed by atoms with E-state index in [0.717, 1.165) is 0 Å². The van der Waals surface area contributed by atoms with Crippen molar-refractivity contribution in [2.45, 2.75) is 12.8 Å². The fraction of sp³-hybridized carbons (Fsp3) is 0.182. The molecule has 0 fully saturated rings. The lowest BCUT2D eigenvalue weighted by Gasteiger charge is -1.97. The molecule has 0 unspecified atom stereocenters. The largest absolute Gasteiger partial charge is 0.481 e. The van der Waals surface area contributed by atoms with Crippen molar-refractivity contribution in [2.24, 2.45) is 0 Å².